The molecular formula is C22H27F3N6O6. The van der Waals surface area contributed by atoms with Crippen LogP contribution in [0.1, 0.15) is 6.42 Å². The zero-order chi connectivity index (χ0) is 26.7. The second-order valence-electron chi connectivity index (χ2n) is 8.73. The van der Waals surface area contributed by atoms with Gasteiger partial charge in [-0.15, -0.1) is 0 Å². The average molecular weight is 528 g/mol. The minimum atomic E-state index is -4.86. The molecule has 1 aromatic heterocycles. The van der Waals surface area contributed by atoms with Crippen molar-refractivity contribution in [3.63, 3.8) is 0 Å². The summed E-state index contributed by atoms with van der Waals surface area (Å²) in [6.07, 6.45) is -3.46. The summed E-state index contributed by atoms with van der Waals surface area (Å²) in [7, 11) is 0. The van der Waals surface area contributed by atoms with Gasteiger partial charge in [-0.05, 0) is 18.6 Å². The number of pyridine rings is 1. The number of hydrogen-bond donors (Lipinski definition) is 6. The fourth-order valence-corrected chi connectivity index (χ4v) is 4.17. The van der Waals surface area contributed by atoms with Gasteiger partial charge in [0.05, 0.1) is 24.9 Å². The topological polar surface area (TPSA) is 160 Å². The largest absolute Gasteiger partial charge is 0.491 e. The highest BCUT2D eigenvalue weighted by atomic mass is 19.4. The number of allylic oxidation sites excluding steroid dienone is 1. The fraction of sp³-hybridized carbons (Fsp3) is 0.500. The van der Waals surface area contributed by atoms with Gasteiger partial charge in [0.25, 0.3) is 0 Å². The number of nitrogens with one attached hydrogen (secondary N) is 3. The molecule has 3 aliphatic rings. The number of fused-ring (bicyclic) bond motifs is 3. The van der Waals surface area contributed by atoms with Crippen molar-refractivity contribution in [2.75, 3.05) is 38.2 Å². The quantitative estimate of drug-likeness (QED) is 0.261. The van der Waals surface area contributed by atoms with Crippen molar-refractivity contribution in [1.82, 2.24) is 25.4 Å². The smallest absolute Gasteiger partial charge is 0.416 e. The van der Waals surface area contributed by atoms with E-state index >= 15 is 0 Å². The summed E-state index contributed by atoms with van der Waals surface area (Å²) in [6.45, 7) is -0.402. The van der Waals surface area contributed by atoms with Crippen LogP contribution in [-0.4, -0.2) is 105 Å². The van der Waals surface area contributed by atoms with Crippen LogP contribution in [0.15, 0.2) is 42.0 Å². The molecule has 0 spiro atoms. The van der Waals surface area contributed by atoms with E-state index in [-0.39, 0.29) is 18.5 Å². The monoisotopic (exact) mass is 528 g/mol. The summed E-state index contributed by atoms with van der Waals surface area (Å²) in [4.78, 5) is 33.4. The highest BCUT2D eigenvalue weighted by Gasteiger charge is 2.43. The third kappa shape index (κ3) is 6.06. The molecule has 4 heterocycles. The number of ether oxygens (including phenoxy) is 1. The predicted molar refractivity (Wildman–Crippen MR) is 122 cm³/mol. The van der Waals surface area contributed by atoms with Crippen molar-refractivity contribution in [3.8, 4) is 5.75 Å². The van der Waals surface area contributed by atoms with Gasteiger partial charge >= 0.3 is 12.2 Å². The zero-order valence-electron chi connectivity index (χ0n) is 19.5. The number of halogens is 3. The third-order valence-electron chi connectivity index (χ3n) is 6.06. The lowest BCUT2D eigenvalue weighted by molar-refractivity contribution is -0.201. The molecule has 15 heteroatoms. The third-order valence-corrected chi connectivity index (χ3v) is 6.06. The minimum absolute atomic E-state index is 0.158. The Morgan fingerprint density at radius 3 is 2.84 bits per heavy atom. The molecule has 4 atom stereocenters. The maximum absolute atomic E-state index is 13.3. The Bertz CT molecular complexity index is 1080. The molecule has 12 nitrogen and oxygen atoms in total. The highest BCUT2D eigenvalue weighted by molar-refractivity contribution is 5.91. The zero-order valence-corrected chi connectivity index (χ0v) is 19.5. The number of alkyl halides is 3. The van der Waals surface area contributed by atoms with Crippen LogP contribution in [0.2, 0.25) is 0 Å². The van der Waals surface area contributed by atoms with Gasteiger partial charge in [-0.25, -0.2) is 9.78 Å². The second-order valence-corrected chi connectivity index (χ2v) is 8.73. The maximum atomic E-state index is 13.3. The van der Waals surface area contributed by atoms with E-state index in [1.165, 1.54) is 29.3 Å². The summed E-state index contributed by atoms with van der Waals surface area (Å²) in [5, 5.41) is 35.2. The number of rotatable bonds is 8. The lowest BCUT2D eigenvalue weighted by Gasteiger charge is -2.40. The van der Waals surface area contributed by atoms with Gasteiger partial charge in [0.1, 0.15) is 36.1 Å². The molecule has 1 saturated heterocycles. The van der Waals surface area contributed by atoms with Crippen LogP contribution in [0.3, 0.4) is 0 Å². The average Bonchev–Trinajstić information content (AvgIpc) is 3.29. The lowest BCUT2D eigenvalue weighted by Crippen LogP contribution is -2.56. The molecule has 3 aliphatic heterocycles. The molecule has 4 rings (SSSR count). The molecular weight excluding hydrogens is 501 g/mol. The number of aliphatic hydroxyl groups excluding tert-OH is 3. The highest BCUT2D eigenvalue weighted by Crippen LogP contribution is 2.33. The van der Waals surface area contributed by atoms with E-state index in [1.807, 2.05) is 4.90 Å². The molecule has 0 aliphatic carbocycles. The Labute approximate surface area is 209 Å². The number of aromatic nitrogens is 1. The standard InChI is InChI=1S/C22H27F3N6O6/c23-22(24,25)17(34)8-27-20(35)15-1-2-16-19(28-15)31(12-4-6-30(16)9-12)21(36)29-18-7-14(3-5-26-18)37-11-13(33)10-32/h1-3,5,7,12-13,15,17,28,32-34H,4,6,8-11H2,(H,27,35)(H,26,29,36)/t12-,13+,15?,17-/m0/s1. The number of aliphatic hydroxyl groups is 3. The second kappa shape index (κ2) is 10.8. The number of carbonyl (C=O) groups excluding carboxylic acids is 2. The Morgan fingerprint density at radius 1 is 1.32 bits per heavy atom. The van der Waals surface area contributed by atoms with E-state index < -0.39 is 49.5 Å². The first-order valence-corrected chi connectivity index (χ1v) is 11.5. The molecule has 6 N–H and O–H groups in total. The Balaban J connectivity index is 1.45. The molecule has 1 unspecified atom stereocenters. The van der Waals surface area contributed by atoms with Gasteiger partial charge in [-0.1, -0.05) is 6.08 Å². The van der Waals surface area contributed by atoms with Crippen molar-refractivity contribution in [2.24, 2.45) is 0 Å². The number of dihydropyridines is 1. The summed E-state index contributed by atoms with van der Waals surface area (Å²) >= 11 is 0. The van der Waals surface area contributed by atoms with E-state index in [0.29, 0.717) is 36.8 Å². The van der Waals surface area contributed by atoms with Gasteiger partial charge in [-0.3, -0.25) is 15.0 Å². The molecule has 0 radical (unpaired) electrons. The van der Waals surface area contributed by atoms with Crippen molar-refractivity contribution in [3.05, 3.63) is 42.0 Å². The van der Waals surface area contributed by atoms with Crippen LogP contribution in [0.25, 0.3) is 0 Å². The van der Waals surface area contributed by atoms with Crippen LogP contribution in [0.5, 0.6) is 5.75 Å². The predicted octanol–water partition coefficient (Wildman–Crippen LogP) is -0.528. The molecule has 0 saturated carbocycles. The normalized spacial score (nSPS) is 22.2. The molecule has 1 aromatic rings. The Morgan fingerprint density at radius 2 is 2.11 bits per heavy atom. The minimum Gasteiger partial charge on any atom is -0.491 e. The molecule has 2 bridgehead atoms. The summed E-state index contributed by atoms with van der Waals surface area (Å²) in [6, 6.07) is 1.11. The van der Waals surface area contributed by atoms with E-state index in [9.17, 15) is 27.9 Å². The van der Waals surface area contributed by atoms with Crippen LogP contribution < -0.4 is 20.7 Å². The van der Waals surface area contributed by atoms with E-state index in [4.69, 9.17) is 14.9 Å². The molecule has 37 heavy (non-hydrogen) atoms. The Kier molecular flexibility index (Phi) is 7.75. The number of hydrogen-bond acceptors (Lipinski definition) is 9. The first-order valence-electron chi connectivity index (χ1n) is 11.5. The lowest BCUT2D eigenvalue weighted by atomic mass is 10.1. The number of nitrogens with zero attached hydrogens (tertiary/aromatic N) is 3. The molecule has 3 amide bonds. The van der Waals surface area contributed by atoms with E-state index in [1.54, 1.807) is 6.08 Å². The van der Waals surface area contributed by atoms with E-state index in [0.717, 1.165) is 0 Å². The first-order chi connectivity index (χ1) is 17.6. The first kappa shape index (κ1) is 26.5. The molecule has 1 fully saturated rings. The van der Waals surface area contributed by atoms with Gasteiger partial charge in [0, 0.05) is 25.4 Å². The molecule has 202 valence electrons. The molecule has 0 aromatic carbocycles. The fourth-order valence-electron chi connectivity index (χ4n) is 4.17. The van der Waals surface area contributed by atoms with Crippen molar-refractivity contribution >= 4 is 17.8 Å². The van der Waals surface area contributed by atoms with Crippen molar-refractivity contribution < 1.29 is 42.8 Å². The van der Waals surface area contributed by atoms with Gasteiger partial charge in [0.2, 0.25) is 5.91 Å². The van der Waals surface area contributed by atoms with Crippen LogP contribution >= 0.6 is 0 Å². The van der Waals surface area contributed by atoms with Crippen molar-refractivity contribution in [1.29, 1.82) is 0 Å². The van der Waals surface area contributed by atoms with E-state index in [2.05, 4.69) is 20.9 Å². The summed E-state index contributed by atoms with van der Waals surface area (Å²) in [5.41, 5.74) is 0.659. The summed E-state index contributed by atoms with van der Waals surface area (Å²) in [5.74, 6) is -0.00931. The van der Waals surface area contributed by atoms with Crippen LogP contribution in [0, 0.1) is 0 Å². The van der Waals surface area contributed by atoms with Gasteiger partial charge in [0.15, 0.2) is 6.10 Å². The van der Waals surface area contributed by atoms with Crippen LogP contribution in [-0.2, 0) is 4.79 Å². The van der Waals surface area contributed by atoms with Gasteiger partial charge < -0.3 is 35.6 Å². The van der Waals surface area contributed by atoms with Crippen molar-refractivity contribution in [2.45, 2.75) is 36.9 Å². The number of carbonyl (C=O) groups is 2. The number of anilines is 1. The number of amides is 3. The Hall–Kier alpha value is -3.56. The SMILES string of the molecule is O=C(NC[C@H](O)C(F)(F)F)C1C=CC2=C(N1)N(C(=O)Nc1cc(OC[C@H](O)CO)ccn1)[C@H]1CCN2C1. The van der Waals surface area contributed by atoms with Crippen LogP contribution in [0.4, 0.5) is 23.8 Å². The number of urea groups is 1. The van der Waals surface area contributed by atoms with Gasteiger partial charge in [-0.2, -0.15) is 13.2 Å². The summed E-state index contributed by atoms with van der Waals surface area (Å²) < 4.78 is 43.1. The maximum Gasteiger partial charge on any atom is 0.416 e.